The van der Waals surface area contributed by atoms with Crippen LogP contribution in [-0.2, 0) is 0 Å². The van der Waals surface area contributed by atoms with Gasteiger partial charge in [-0.15, -0.1) is 0 Å². The van der Waals surface area contributed by atoms with Crippen molar-refractivity contribution in [3.63, 3.8) is 0 Å². The summed E-state index contributed by atoms with van der Waals surface area (Å²) in [7, 11) is 0. The van der Waals surface area contributed by atoms with Crippen molar-refractivity contribution in [3.05, 3.63) is 35.2 Å². The van der Waals surface area contributed by atoms with Crippen LogP contribution < -0.4 is 11.6 Å². The summed E-state index contributed by atoms with van der Waals surface area (Å²) in [5, 5.41) is 0. The van der Waals surface area contributed by atoms with Gasteiger partial charge in [-0.05, 0) is 37.8 Å². The van der Waals surface area contributed by atoms with Gasteiger partial charge in [-0.3, -0.25) is 0 Å². The first kappa shape index (κ1) is 14.0. The third-order valence-electron chi connectivity index (χ3n) is 4.81. The van der Waals surface area contributed by atoms with Crippen LogP contribution in [0.5, 0.6) is 0 Å². The van der Waals surface area contributed by atoms with Crippen LogP contribution in [0.15, 0.2) is 18.2 Å². The molecule has 0 spiro atoms. The van der Waals surface area contributed by atoms with Gasteiger partial charge in [-0.2, -0.15) is 0 Å². The summed E-state index contributed by atoms with van der Waals surface area (Å²) in [6, 6.07) is 6.23. The van der Waals surface area contributed by atoms with E-state index in [0.29, 0.717) is 11.7 Å². The second kappa shape index (κ2) is 5.43. The Balaban J connectivity index is 2.06. The number of rotatable bonds is 2. The molecule has 0 saturated heterocycles. The van der Waals surface area contributed by atoms with Crippen molar-refractivity contribution in [3.8, 4) is 11.3 Å². The number of hydrogen-bond donors (Lipinski definition) is 2. The van der Waals surface area contributed by atoms with Gasteiger partial charge in [0.05, 0.1) is 0 Å². The largest absolute Gasteiger partial charge is 0.382 e. The van der Waals surface area contributed by atoms with Gasteiger partial charge in [0, 0.05) is 11.5 Å². The van der Waals surface area contributed by atoms with Gasteiger partial charge in [-0.1, -0.05) is 37.5 Å². The quantitative estimate of drug-likeness (QED) is 0.829. The molecule has 4 nitrogen and oxygen atoms in total. The standard InChI is InChI=1S/C17H24N4/c1-11-7-6-10-14(12(11)2)15-16(18)21(19)17(20-15)13-8-4-3-5-9-13/h6-7,10,13H,3-5,8-9,18-19H2,1-2H3. The van der Waals surface area contributed by atoms with Crippen molar-refractivity contribution in [1.29, 1.82) is 0 Å². The van der Waals surface area contributed by atoms with Crippen LogP contribution in [0.1, 0.15) is 55.0 Å². The topological polar surface area (TPSA) is 69.9 Å². The molecule has 1 saturated carbocycles. The van der Waals surface area contributed by atoms with Gasteiger partial charge in [-0.25, -0.2) is 9.66 Å². The zero-order valence-electron chi connectivity index (χ0n) is 12.9. The minimum absolute atomic E-state index is 0.449. The highest BCUT2D eigenvalue weighted by atomic mass is 15.4. The van der Waals surface area contributed by atoms with Crippen LogP contribution in [0.25, 0.3) is 11.3 Å². The highest BCUT2D eigenvalue weighted by Gasteiger charge is 2.24. The van der Waals surface area contributed by atoms with Crippen LogP contribution in [0, 0.1) is 13.8 Å². The lowest BCUT2D eigenvalue weighted by Crippen LogP contribution is -2.19. The Morgan fingerprint density at radius 3 is 2.57 bits per heavy atom. The zero-order valence-corrected chi connectivity index (χ0v) is 12.9. The second-order valence-corrected chi connectivity index (χ2v) is 6.16. The summed E-state index contributed by atoms with van der Waals surface area (Å²) >= 11 is 0. The van der Waals surface area contributed by atoms with Crippen LogP contribution in [-0.4, -0.2) is 9.66 Å². The molecule has 0 radical (unpaired) electrons. The average molecular weight is 284 g/mol. The van der Waals surface area contributed by atoms with E-state index in [9.17, 15) is 0 Å². The normalized spacial score (nSPS) is 16.3. The van der Waals surface area contributed by atoms with E-state index < -0.39 is 0 Å². The predicted octanol–water partition coefficient (Wildman–Crippen LogP) is 3.51. The van der Waals surface area contributed by atoms with Crippen LogP contribution in [0.3, 0.4) is 0 Å². The van der Waals surface area contributed by atoms with E-state index in [0.717, 1.165) is 17.1 Å². The molecule has 3 rings (SSSR count). The summed E-state index contributed by atoms with van der Waals surface area (Å²) in [4.78, 5) is 4.82. The summed E-state index contributed by atoms with van der Waals surface area (Å²) in [6.45, 7) is 4.22. The zero-order chi connectivity index (χ0) is 15.0. The molecule has 21 heavy (non-hydrogen) atoms. The molecule has 4 heteroatoms. The number of benzene rings is 1. The fraction of sp³-hybridized carbons (Fsp3) is 0.471. The van der Waals surface area contributed by atoms with E-state index in [1.54, 1.807) is 4.68 Å². The number of aryl methyl sites for hydroxylation is 1. The maximum absolute atomic E-state index is 6.24. The van der Waals surface area contributed by atoms with E-state index >= 15 is 0 Å². The summed E-state index contributed by atoms with van der Waals surface area (Å²) < 4.78 is 1.60. The van der Waals surface area contributed by atoms with Crippen LogP contribution in [0.4, 0.5) is 5.82 Å². The number of hydrogen-bond acceptors (Lipinski definition) is 3. The molecule has 0 atom stereocenters. The lowest BCUT2D eigenvalue weighted by atomic mass is 9.89. The molecule has 112 valence electrons. The van der Waals surface area contributed by atoms with Crippen molar-refractivity contribution in [2.24, 2.45) is 0 Å². The number of aromatic nitrogens is 2. The molecule has 0 aliphatic heterocycles. The van der Waals surface area contributed by atoms with Crippen molar-refractivity contribution >= 4 is 5.82 Å². The third kappa shape index (κ3) is 2.39. The Morgan fingerprint density at radius 2 is 1.86 bits per heavy atom. The van der Waals surface area contributed by atoms with E-state index in [4.69, 9.17) is 16.6 Å². The average Bonchev–Trinajstić information content (AvgIpc) is 2.79. The molecule has 1 aliphatic rings. The predicted molar refractivity (Wildman–Crippen MR) is 87.5 cm³/mol. The fourth-order valence-electron chi connectivity index (χ4n) is 3.32. The first-order valence-electron chi connectivity index (χ1n) is 7.79. The Kier molecular flexibility index (Phi) is 3.62. The van der Waals surface area contributed by atoms with E-state index in [-0.39, 0.29) is 0 Å². The fourth-order valence-corrected chi connectivity index (χ4v) is 3.32. The molecule has 1 fully saturated rings. The van der Waals surface area contributed by atoms with Gasteiger partial charge >= 0.3 is 0 Å². The molecule has 0 amide bonds. The molecule has 0 bridgehead atoms. The lowest BCUT2D eigenvalue weighted by molar-refractivity contribution is 0.424. The number of nitrogens with zero attached hydrogens (tertiary/aromatic N) is 2. The molecule has 0 unspecified atom stereocenters. The maximum atomic E-state index is 6.24. The van der Waals surface area contributed by atoms with E-state index in [2.05, 4.69) is 26.0 Å². The minimum Gasteiger partial charge on any atom is -0.382 e. The van der Waals surface area contributed by atoms with E-state index in [1.807, 2.05) is 6.07 Å². The molecule has 2 aromatic rings. The third-order valence-corrected chi connectivity index (χ3v) is 4.81. The van der Waals surface area contributed by atoms with Gasteiger partial charge in [0.25, 0.3) is 0 Å². The monoisotopic (exact) mass is 284 g/mol. The Labute approximate surface area is 126 Å². The maximum Gasteiger partial charge on any atom is 0.150 e. The smallest absolute Gasteiger partial charge is 0.150 e. The van der Waals surface area contributed by atoms with Gasteiger partial charge in [0.15, 0.2) is 5.82 Å². The van der Waals surface area contributed by atoms with Crippen molar-refractivity contribution in [2.45, 2.75) is 51.9 Å². The number of imidazole rings is 1. The Bertz CT molecular complexity index is 651. The molecule has 1 heterocycles. The summed E-state index contributed by atoms with van der Waals surface area (Å²) in [5.41, 5.74) is 10.6. The van der Waals surface area contributed by atoms with Crippen molar-refractivity contribution in [1.82, 2.24) is 9.66 Å². The first-order chi connectivity index (χ1) is 10.1. The number of anilines is 1. The van der Waals surface area contributed by atoms with E-state index in [1.165, 1.54) is 43.2 Å². The number of nitrogen functional groups attached to an aromatic ring is 2. The minimum atomic E-state index is 0.449. The lowest BCUT2D eigenvalue weighted by Gasteiger charge is -2.20. The van der Waals surface area contributed by atoms with Gasteiger partial charge < -0.3 is 11.6 Å². The second-order valence-electron chi connectivity index (χ2n) is 6.16. The summed E-state index contributed by atoms with van der Waals surface area (Å²) in [6.07, 6.45) is 6.17. The van der Waals surface area contributed by atoms with Gasteiger partial charge in [0.1, 0.15) is 11.5 Å². The van der Waals surface area contributed by atoms with Crippen molar-refractivity contribution < 1.29 is 0 Å². The molecule has 4 N–H and O–H groups in total. The SMILES string of the molecule is Cc1cccc(-c2nc(C3CCCCC3)n(N)c2N)c1C. The first-order valence-corrected chi connectivity index (χ1v) is 7.79. The molecular formula is C17H24N4. The number of nitrogens with two attached hydrogens (primary N) is 2. The molecule has 1 aliphatic carbocycles. The van der Waals surface area contributed by atoms with Crippen LogP contribution >= 0.6 is 0 Å². The highest BCUT2D eigenvalue weighted by Crippen LogP contribution is 2.36. The highest BCUT2D eigenvalue weighted by molar-refractivity contribution is 5.74. The Morgan fingerprint density at radius 1 is 1.14 bits per heavy atom. The van der Waals surface area contributed by atoms with Gasteiger partial charge in [0.2, 0.25) is 0 Å². The van der Waals surface area contributed by atoms with Crippen molar-refractivity contribution in [2.75, 3.05) is 11.6 Å². The van der Waals surface area contributed by atoms with Crippen LogP contribution in [0.2, 0.25) is 0 Å². The Hall–Kier alpha value is -1.97. The molecule has 1 aromatic carbocycles. The molecular weight excluding hydrogens is 260 g/mol. The molecule has 1 aromatic heterocycles. The summed E-state index contributed by atoms with van der Waals surface area (Å²) in [5.74, 6) is 8.16.